The third-order valence-electron chi connectivity index (χ3n) is 6.45. The zero-order valence-corrected chi connectivity index (χ0v) is 20.2. The van der Waals surface area contributed by atoms with Gasteiger partial charge in [0.2, 0.25) is 12.2 Å². The minimum absolute atomic E-state index is 0.152. The summed E-state index contributed by atoms with van der Waals surface area (Å²) in [5.74, 6) is 1.06. The number of nitrogens with one attached hydrogen (secondary N) is 1. The number of nitriles is 1. The number of benzene rings is 2. The molecule has 0 spiro atoms. The molecule has 2 aromatic rings. The molecule has 0 aromatic heterocycles. The van der Waals surface area contributed by atoms with Crippen LogP contribution in [-0.4, -0.2) is 75.7 Å². The summed E-state index contributed by atoms with van der Waals surface area (Å²) in [6.45, 7) is 3.14. The largest absolute Gasteiger partial charge is 0.496 e. The van der Waals surface area contributed by atoms with Crippen molar-refractivity contribution in [3.8, 4) is 11.9 Å². The predicted molar refractivity (Wildman–Crippen MR) is 132 cm³/mol. The second-order valence-corrected chi connectivity index (χ2v) is 8.44. The number of hydrogen-bond acceptors (Lipinski definition) is 5. The Kier molecular flexibility index (Phi) is 8.88. The molecule has 2 aromatic carbocycles. The zero-order valence-electron chi connectivity index (χ0n) is 20.2. The van der Waals surface area contributed by atoms with Crippen LogP contribution in [0.4, 0.5) is 0 Å². The number of carbonyl (C=O) groups is 1. The summed E-state index contributed by atoms with van der Waals surface area (Å²) in [5, 5.41) is 12.4. The zero-order chi connectivity index (χ0) is 24.4. The second kappa shape index (κ2) is 12.1. The predicted octanol–water partition coefficient (Wildman–Crippen LogP) is 2.87. The molecule has 1 fully saturated rings. The molecule has 3 rings (SSSR count). The van der Waals surface area contributed by atoms with Gasteiger partial charge in [0, 0.05) is 45.8 Å². The lowest BCUT2D eigenvalue weighted by atomic mass is 9.72. The molecular formula is C26H33N5O3. The number of amides is 1. The van der Waals surface area contributed by atoms with Crippen molar-refractivity contribution in [2.45, 2.75) is 18.3 Å². The molecule has 8 heteroatoms. The molecule has 1 amide bonds. The normalized spacial score (nSPS) is 15.4. The average Bonchev–Trinajstić information content (AvgIpc) is 2.90. The van der Waals surface area contributed by atoms with Gasteiger partial charge in [-0.05, 0) is 30.5 Å². The highest BCUT2D eigenvalue weighted by molar-refractivity contribution is 5.97. The van der Waals surface area contributed by atoms with Crippen LogP contribution < -0.4 is 10.1 Å². The fourth-order valence-electron chi connectivity index (χ4n) is 4.44. The fraction of sp³-hybridized carbons (Fsp3) is 0.423. The molecule has 34 heavy (non-hydrogen) atoms. The number of aliphatic imine (C=N–C) groups is 1. The molecule has 8 nitrogen and oxygen atoms in total. The third-order valence-corrected chi connectivity index (χ3v) is 6.45. The quantitative estimate of drug-likeness (QED) is 0.368. The minimum Gasteiger partial charge on any atom is -0.496 e. The van der Waals surface area contributed by atoms with Gasteiger partial charge in [-0.1, -0.05) is 42.5 Å². The number of para-hydroxylation sites is 1. The standard InChI is InChI=1S/C26H33N5O3/c1-30(17-18-33-2)25(29-20-27)31-15-13-26(14-16-31,21-9-5-4-6-10-21)19-28-24(32)22-11-7-8-12-23(22)34-3/h4-12H,13-19H2,1-3H3,(H,28,32)/b29-25+. The summed E-state index contributed by atoms with van der Waals surface area (Å²) in [6, 6.07) is 17.6. The van der Waals surface area contributed by atoms with E-state index in [0.717, 1.165) is 25.9 Å². The summed E-state index contributed by atoms with van der Waals surface area (Å²) >= 11 is 0. The van der Waals surface area contributed by atoms with Gasteiger partial charge in [-0.15, -0.1) is 4.99 Å². The van der Waals surface area contributed by atoms with Gasteiger partial charge in [0.15, 0.2) is 0 Å². The fourth-order valence-corrected chi connectivity index (χ4v) is 4.44. The van der Waals surface area contributed by atoms with E-state index in [1.54, 1.807) is 26.4 Å². The van der Waals surface area contributed by atoms with Crippen LogP contribution in [0.1, 0.15) is 28.8 Å². The van der Waals surface area contributed by atoms with E-state index in [9.17, 15) is 10.1 Å². The Balaban J connectivity index is 1.77. The van der Waals surface area contributed by atoms with Crippen LogP contribution in [0.15, 0.2) is 59.6 Å². The maximum absolute atomic E-state index is 13.0. The summed E-state index contributed by atoms with van der Waals surface area (Å²) < 4.78 is 10.5. The number of likely N-dealkylation sites (tertiary alicyclic amines) is 1. The number of rotatable bonds is 8. The third kappa shape index (κ3) is 5.86. The summed E-state index contributed by atoms with van der Waals surface area (Å²) in [6.07, 6.45) is 3.56. The number of piperidine rings is 1. The van der Waals surface area contributed by atoms with E-state index in [1.807, 2.05) is 48.5 Å². The number of ether oxygens (including phenoxy) is 2. The maximum atomic E-state index is 13.0. The minimum atomic E-state index is -0.224. The van der Waals surface area contributed by atoms with Crippen molar-refractivity contribution < 1.29 is 14.3 Å². The SMILES string of the molecule is COCCN(C)/C(=N\C#N)N1CCC(CNC(=O)c2ccccc2OC)(c2ccccc2)CC1. The number of methoxy groups -OCH3 is 2. The van der Waals surface area contributed by atoms with Crippen molar-refractivity contribution in [2.24, 2.45) is 4.99 Å². The molecular weight excluding hydrogens is 430 g/mol. The molecule has 1 N–H and O–H groups in total. The highest BCUT2D eigenvalue weighted by Gasteiger charge is 2.38. The lowest BCUT2D eigenvalue weighted by Crippen LogP contribution is -2.53. The van der Waals surface area contributed by atoms with Crippen LogP contribution in [-0.2, 0) is 10.2 Å². The lowest BCUT2D eigenvalue weighted by molar-refractivity contribution is 0.0927. The molecule has 1 heterocycles. The molecule has 1 saturated heterocycles. The molecule has 1 aliphatic rings. The van der Waals surface area contributed by atoms with E-state index in [2.05, 4.69) is 27.3 Å². The maximum Gasteiger partial charge on any atom is 0.255 e. The first-order valence-corrected chi connectivity index (χ1v) is 11.4. The number of hydrogen-bond donors (Lipinski definition) is 1. The molecule has 180 valence electrons. The van der Waals surface area contributed by atoms with E-state index in [4.69, 9.17) is 9.47 Å². The Morgan fingerprint density at radius 3 is 2.47 bits per heavy atom. The van der Waals surface area contributed by atoms with E-state index in [0.29, 0.717) is 37.0 Å². The van der Waals surface area contributed by atoms with Crippen LogP contribution in [0.25, 0.3) is 0 Å². The van der Waals surface area contributed by atoms with Crippen LogP contribution in [0.3, 0.4) is 0 Å². The molecule has 0 aliphatic carbocycles. The van der Waals surface area contributed by atoms with Gasteiger partial charge in [0.25, 0.3) is 5.91 Å². The molecule has 0 unspecified atom stereocenters. The van der Waals surface area contributed by atoms with Crippen LogP contribution in [0.2, 0.25) is 0 Å². The van der Waals surface area contributed by atoms with Gasteiger partial charge >= 0.3 is 0 Å². The Labute approximate surface area is 201 Å². The van der Waals surface area contributed by atoms with Gasteiger partial charge < -0.3 is 24.6 Å². The smallest absolute Gasteiger partial charge is 0.255 e. The Morgan fingerprint density at radius 1 is 1.15 bits per heavy atom. The van der Waals surface area contributed by atoms with Crippen LogP contribution >= 0.6 is 0 Å². The topological polar surface area (TPSA) is 90.2 Å². The van der Waals surface area contributed by atoms with Crippen molar-refractivity contribution in [1.29, 1.82) is 5.26 Å². The van der Waals surface area contributed by atoms with Gasteiger partial charge in [-0.3, -0.25) is 4.79 Å². The van der Waals surface area contributed by atoms with Crippen molar-refractivity contribution in [2.75, 3.05) is 54.1 Å². The first-order valence-electron chi connectivity index (χ1n) is 11.4. The second-order valence-electron chi connectivity index (χ2n) is 8.44. The first-order chi connectivity index (χ1) is 16.5. The van der Waals surface area contributed by atoms with Gasteiger partial charge in [0.1, 0.15) is 5.75 Å². The Bertz CT molecular complexity index is 1010. The average molecular weight is 464 g/mol. The number of likely N-dealkylation sites (N-methyl/N-ethyl adjacent to an activating group) is 1. The summed E-state index contributed by atoms with van der Waals surface area (Å²) in [5.41, 5.74) is 1.49. The summed E-state index contributed by atoms with van der Waals surface area (Å²) in [7, 11) is 5.14. The Hall–Kier alpha value is -3.57. The first kappa shape index (κ1) is 25.1. The molecule has 0 bridgehead atoms. The van der Waals surface area contributed by atoms with E-state index in [1.165, 1.54) is 5.56 Å². The summed E-state index contributed by atoms with van der Waals surface area (Å²) in [4.78, 5) is 21.2. The molecule has 0 radical (unpaired) electrons. The van der Waals surface area contributed by atoms with Crippen molar-refractivity contribution in [3.05, 3.63) is 65.7 Å². The van der Waals surface area contributed by atoms with Gasteiger partial charge in [-0.2, -0.15) is 5.26 Å². The monoisotopic (exact) mass is 463 g/mol. The van der Waals surface area contributed by atoms with Crippen LogP contribution in [0, 0.1) is 11.5 Å². The van der Waals surface area contributed by atoms with Crippen molar-refractivity contribution in [1.82, 2.24) is 15.1 Å². The number of carbonyl (C=O) groups excluding carboxylic acids is 1. The van der Waals surface area contributed by atoms with E-state index < -0.39 is 0 Å². The Morgan fingerprint density at radius 2 is 1.82 bits per heavy atom. The highest BCUT2D eigenvalue weighted by Crippen LogP contribution is 2.35. The lowest BCUT2D eigenvalue weighted by Gasteiger charge is -2.44. The van der Waals surface area contributed by atoms with E-state index >= 15 is 0 Å². The molecule has 1 aliphatic heterocycles. The van der Waals surface area contributed by atoms with Crippen molar-refractivity contribution in [3.63, 3.8) is 0 Å². The highest BCUT2D eigenvalue weighted by atomic mass is 16.5. The number of guanidine groups is 1. The molecule has 0 saturated carbocycles. The van der Waals surface area contributed by atoms with Gasteiger partial charge in [0.05, 0.1) is 19.3 Å². The van der Waals surface area contributed by atoms with Gasteiger partial charge in [-0.25, -0.2) is 0 Å². The molecule has 0 atom stereocenters. The van der Waals surface area contributed by atoms with Crippen molar-refractivity contribution >= 4 is 11.9 Å². The van der Waals surface area contributed by atoms with Crippen LogP contribution in [0.5, 0.6) is 5.75 Å². The van der Waals surface area contributed by atoms with E-state index in [-0.39, 0.29) is 11.3 Å². The number of nitrogens with zero attached hydrogens (tertiary/aromatic N) is 4.